The molecule has 84 valence electrons. The van der Waals surface area contributed by atoms with Crippen molar-refractivity contribution in [1.29, 1.82) is 5.26 Å². The smallest absolute Gasteiger partial charge is 0.185 e. The predicted molar refractivity (Wildman–Crippen MR) is 62.9 cm³/mol. The molecule has 2 N–H and O–H groups in total. The molecule has 0 saturated carbocycles. The number of hydrogen-bond acceptors (Lipinski definition) is 7. The zero-order chi connectivity index (χ0) is 12.1. The highest BCUT2D eigenvalue weighted by Gasteiger charge is 2.13. The average Bonchev–Trinajstić information content (AvgIpc) is 2.62. The highest BCUT2D eigenvalue weighted by Crippen LogP contribution is 2.22. The number of thioether (sulfide) groups is 1. The lowest BCUT2D eigenvalue weighted by Crippen LogP contribution is -2.10. The summed E-state index contributed by atoms with van der Waals surface area (Å²) < 4.78 is 0.720. The molecule has 16 heavy (non-hydrogen) atoms. The van der Waals surface area contributed by atoms with E-state index in [-0.39, 0.29) is 22.8 Å². The molecule has 1 aromatic heterocycles. The van der Waals surface area contributed by atoms with Gasteiger partial charge in [-0.2, -0.15) is 5.26 Å². The number of allylic oxidation sites excluding steroid dienone is 2. The molecular formula is C9H10N4OS2. The number of aromatic nitrogens is 2. The largest absolute Gasteiger partial charge is 0.401 e. The van der Waals surface area contributed by atoms with Gasteiger partial charge in [0.05, 0.1) is 5.75 Å². The standard InChI is InChI=1S/C9H10N4OS2/c1-5(11)7(3-10)8(14)4-15-9-13-12-6(2)16-9/h4,11H2,1-2H3/b7-5+. The van der Waals surface area contributed by atoms with Crippen LogP contribution in [0.25, 0.3) is 0 Å². The molecule has 0 aromatic carbocycles. The predicted octanol–water partition coefficient (Wildman–Crippen LogP) is 1.26. The van der Waals surface area contributed by atoms with Crippen molar-refractivity contribution >= 4 is 28.9 Å². The van der Waals surface area contributed by atoms with Gasteiger partial charge in [-0.25, -0.2) is 0 Å². The Balaban J connectivity index is 2.61. The van der Waals surface area contributed by atoms with Crippen molar-refractivity contribution in [2.75, 3.05) is 5.75 Å². The summed E-state index contributed by atoms with van der Waals surface area (Å²) in [6, 6.07) is 1.80. The first-order valence-electron chi connectivity index (χ1n) is 4.37. The van der Waals surface area contributed by atoms with Gasteiger partial charge in [-0.05, 0) is 13.8 Å². The van der Waals surface area contributed by atoms with Gasteiger partial charge in [-0.3, -0.25) is 4.79 Å². The summed E-state index contributed by atoms with van der Waals surface area (Å²) in [5.74, 6) is -0.119. The molecule has 1 rings (SSSR count). The van der Waals surface area contributed by atoms with Crippen molar-refractivity contribution in [2.24, 2.45) is 5.73 Å². The number of carbonyl (C=O) groups excluding carboxylic acids is 1. The van der Waals surface area contributed by atoms with Crippen LogP contribution in [0.5, 0.6) is 0 Å². The molecule has 0 aliphatic heterocycles. The van der Waals surface area contributed by atoms with Gasteiger partial charge in [0, 0.05) is 5.70 Å². The Morgan fingerprint density at radius 2 is 2.31 bits per heavy atom. The van der Waals surface area contributed by atoms with Crippen LogP contribution < -0.4 is 5.73 Å². The lowest BCUT2D eigenvalue weighted by molar-refractivity contribution is -0.112. The Morgan fingerprint density at radius 3 is 2.75 bits per heavy atom. The zero-order valence-corrected chi connectivity index (χ0v) is 10.5. The van der Waals surface area contributed by atoms with E-state index in [0.717, 1.165) is 9.35 Å². The van der Waals surface area contributed by atoms with Gasteiger partial charge >= 0.3 is 0 Å². The van der Waals surface area contributed by atoms with E-state index in [1.807, 2.05) is 6.92 Å². The number of nitrogens with zero attached hydrogens (tertiary/aromatic N) is 3. The summed E-state index contributed by atoms with van der Waals surface area (Å²) in [7, 11) is 0. The molecule has 0 atom stereocenters. The number of rotatable bonds is 4. The first-order chi connectivity index (χ1) is 7.54. The van der Waals surface area contributed by atoms with E-state index in [9.17, 15) is 4.79 Å². The summed E-state index contributed by atoms with van der Waals surface area (Å²) in [6.07, 6.45) is 0. The molecule has 5 nitrogen and oxygen atoms in total. The topological polar surface area (TPSA) is 92.7 Å². The van der Waals surface area contributed by atoms with Crippen molar-refractivity contribution in [1.82, 2.24) is 10.2 Å². The lowest BCUT2D eigenvalue weighted by atomic mass is 10.2. The fourth-order valence-corrected chi connectivity index (χ4v) is 2.59. The fraction of sp³-hybridized carbons (Fsp3) is 0.333. The fourth-order valence-electron chi connectivity index (χ4n) is 0.907. The van der Waals surface area contributed by atoms with Crippen molar-refractivity contribution in [3.63, 3.8) is 0 Å². The molecule has 0 saturated heterocycles. The second-order valence-corrected chi connectivity index (χ2v) is 5.37. The number of nitrogens with two attached hydrogens (primary N) is 1. The SMILES string of the molecule is C/C(N)=C(/C#N)C(=O)CSc1nnc(C)s1. The van der Waals surface area contributed by atoms with E-state index < -0.39 is 0 Å². The van der Waals surface area contributed by atoms with Gasteiger partial charge in [-0.15, -0.1) is 10.2 Å². The summed E-state index contributed by atoms with van der Waals surface area (Å²) in [5.41, 5.74) is 5.70. The van der Waals surface area contributed by atoms with Crippen molar-refractivity contribution in [3.8, 4) is 6.07 Å². The molecule has 0 unspecified atom stereocenters. The van der Waals surface area contributed by atoms with Crippen LogP contribution in [-0.2, 0) is 4.79 Å². The van der Waals surface area contributed by atoms with Gasteiger partial charge < -0.3 is 5.73 Å². The minimum atomic E-state index is -0.277. The van der Waals surface area contributed by atoms with E-state index in [4.69, 9.17) is 11.0 Å². The Bertz CT molecular complexity index is 468. The van der Waals surface area contributed by atoms with Crippen LogP contribution in [0.1, 0.15) is 11.9 Å². The van der Waals surface area contributed by atoms with Crippen molar-refractivity contribution < 1.29 is 4.79 Å². The summed E-state index contributed by atoms with van der Waals surface area (Å²) >= 11 is 2.68. The summed E-state index contributed by atoms with van der Waals surface area (Å²) in [4.78, 5) is 11.6. The van der Waals surface area contributed by atoms with E-state index >= 15 is 0 Å². The Hall–Kier alpha value is -1.39. The minimum absolute atomic E-state index is 0.0220. The Morgan fingerprint density at radius 1 is 1.62 bits per heavy atom. The van der Waals surface area contributed by atoms with Crippen LogP contribution in [0.4, 0.5) is 0 Å². The van der Waals surface area contributed by atoms with Crippen LogP contribution in [0.15, 0.2) is 15.6 Å². The second kappa shape index (κ2) is 5.63. The monoisotopic (exact) mass is 254 g/mol. The maximum absolute atomic E-state index is 11.6. The number of carbonyl (C=O) groups is 1. The Kier molecular flexibility index (Phi) is 4.46. The number of Topliss-reactive ketones (excluding diaryl/α,β-unsaturated/α-hetero) is 1. The zero-order valence-electron chi connectivity index (χ0n) is 8.85. The number of hydrogen-bond donors (Lipinski definition) is 1. The van der Waals surface area contributed by atoms with Crippen LogP contribution in [-0.4, -0.2) is 21.7 Å². The minimum Gasteiger partial charge on any atom is -0.401 e. The van der Waals surface area contributed by atoms with E-state index in [2.05, 4.69) is 10.2 Å². The molecule has 0 spiro atoms. The van der Waals surface area contributed by atoms with Crippen molar-refractivity contribution in [2.45, 2.75) is 18.2 Å². The number of aryl methyl sites for hydroxylation is 1. The van der Waals surface area contributed by atoms with Gasteiger partial charge in [-0.1, -0.05) is 23.1 Å². The highest BCUT2D eigenvalue weighted by molar-refractivity contribution is 8.01. The van der Waals surface area contributed by atoms with Crippen LogP contribution in [0.2, 0.25) is 0 Å². The third kappa shape index (κ3) is 3.32. The van der Waals surface area contributed by atoms with Crippen LogP contribution in [0, 0.1) is 18.3 Å². The Labute approximate surface area is 101 Å². The lowest BCUT2D eigenvalue weighted by Gasteiger charge is -1.98. The molecule has 0 amide bonds. The molecular weight excluding hydrogens is 244 g/mol. The van der Waals surface area contributed by atoms with Crippen molar-refractivity contribution in [3.05, 3.63) is 16.3 Å². The maximum Gasteiger partial charge on any atom is 0.185 e. The molecule has 0 radical (unpaired) electrons. The first-order valence-corrected chi connectivity index (χ1v) is 6.17. The molecule has 1 heterocycles. The quantitative estimate of drug-likeness (QED) is 0.494. The van der Waals surface area contributed by atoms with Gasteiger partial charge in [0.2, 0.25) is 0 Å². The van der Waals surface area contributed by atoms with Crippen LogP contribution >= 0.6 is 23.1 Å². The van der Waals surface area contributed by atoms with E-state index in [1.165, 1.54) is 30.0 Å². The number of nitriles is 1. The third-order valence-electron chi connectivity index (χ3n) is 1.62. The molecule has 1 aromatic rings. The molecule has 0 aliphatic carbocycles. The van der Waals surface area contributed by atoms with Gasteiger partial charge in [0.15, 0.2) is 10.1 Å². The van der Waals surface area contributed by atoms with Crippen LogP contribution in [0.3, 0.4) is 0 Å². The maximum atomic E-state index is 11.6. The van der Waals surface area contributed by atoms with Gasteiger partial charge in [0.25, 0.3) is 0 Å². The first kappa shape index (κ1) is 12.7. The molecule has 0 fully saturated rings. The summed E-state index contributed by atoms with van der Waals surface area (Å²) in [6.45, 7) is 3.38. The highest BCUT2D eigenvalue weighted by atomic mass is 32.2. The molecule has 7 heteroatoms. The third-order valence-corrected chi connectivity index (χ3v) is 3.59. The molecule has 0 bridgehead atoms. The van der Waals surface area contributed by atoms with E-state index in [1.54, 1.807) is 6.07 Å². The second-order valence-electron chi connectivity index (χ2n) is 2.97. The normalized spacial score (nSPS) is 11.8. The average molecular weight is 254 g/mol. The number of ketones is 1. The molecule has 0 aliphatic rings. The van der Waals surface area contributed by atoms with Gasteiger partial charge in [0.1, 0.15) is 16.6 Å². The summed E-state index contributed by atoms with van der Waals surface area (Å²) in [5, 5.41) is 17.3. The van der Waals surface area contributed by atoms with E-state index in [0.29, 0.717) is 0 Å².